The number of thiazole rings is 1. The van der Waals surface area contributed by atoms with E-state index in [0.717, 1.165) is 17.1 Å². The Hall–Kier alpha value is -1.88. The van der Waals surface area contributed by atoms with Crippen LogP contribution in [0.2, 0.25) is 0 Å². The molecule has 1 amide bonds. The van der Waals surface area contributed by atoms with Crippen molar-refractivity contribution in [2.24, 2.45) is 0 Å². The molecule has 0 saturated carbocycles. The number of nitrogens with zero attached hydrogens (tertiary/aromatic N) is 1. The molecule has 4 nitrogen and oxygen atoms in total. The molecule has 0 bridgehead atoms. The second kappa shape index (κ2) is 6.52. The third-order valence-electron chi connectivity index (χ3n) is 3.08. The Morgan fingerprint density at radius 3 is 2.80 bits per heavy atom. The maximum atomic E-state index is 12.3. The lowest BCUT2D eigenvalue weighted by molar-refractivity contribution is 0.0940. The largest absolute Gasteiger partial charge is 0.387 e. The Balaban J connectivity index is 2.10. The summed E-state index contributed by atoms with van der Waals surface area (Å²) in [6, 6.07) is 7.38. The highest BCUT2D eigenvalue weighted by molar-refractivity contribution is 7.11. The second-order valence-corrected chi connectivity index (χ2v) is 5.66. The van der Waals surface area contributed by atoms with E-state index in [-0.39, 0.29) is 11.9 Å². The molecule has 106 valence electrons. The van der Waals surface area contributed by atoms with E-state index in [0.29, 0.717) is 5.56 Å². The first-order valence-electron chi connectivity index (χ1n) is 6.68. The zero-order valence-corrected chi connectivity index (χ0v) is 12.8. The topological polar surface area (TPSA) is 54.0 Å². The fourth-order valence-electron chi connectivity index (χ4n) is 1.92. The Bertz CT molecular complexity index is 594. The van der Waals surface area contributed by atoms with Crippen molar-refractivity contribution in [2.75, 3.05) is 12.4 Å². The number of hydrogen-bond acceptors (Lipinski definition) is 4. The third-order valence-corrected chi connectivity index (χ3v) is 4.40. The molecule has 0 radical (unpaired) electrons. The maximum Gasteiger partial charge on any atom is 0.253 e. The van der Waals surface area contributed by atoms with Crippen molar-refractivity contribution in [3.05, 3.63) is 45.9 Å². The molecular weight excluding hydrogens is 270 g/mol. The average molecular weight is 289 g/mol. The summed E-state index contributed by atoms with van der Waals surface area (Å²) < 4.78 is 0. The predicted octanol–water partition coefficient (Wildman–Crippen LogP) is 3.24. The number of anilines is 1. The van der Waals surface area contributed by atoms with Crippen LogP contribution in [0.1, 0.15) is 40.1 Å². The highest BCUT2D eigenvalue weighted by Gasteiger charge is 2.16. The van der Waals surface area contributed by atoms with E-state index < -0.39 is 0 Å². The van der Waals surface area contributed by atoms with E-state index in [1.54, 1.807) is 11.3 Å². The number of para-hydroxylation sites is 1. The van der Waals surface area contributed by atoms with Crippen molar-refractivity contribution in [1.82, 2.24) is 10.3 Å². The number of rotatable bonds is 5. The standard InChI is InChI=1S/C15H19N3OS/c1-4-11-9-17-15(20-11)10(2)18-14(19)12-7-5-6-8-13(12)16-3/h5-10,16H,4H2,1-3H3,(H,18,19). The average Bonchev–Trinajstić information content (AvgIpc) is 2.96. The Morgan fingerprint density at radius 2 is 2.15 bits per heavy atom. The first-order chi connectivity index (χ1) is 9.65. The van der Waals surface area contributed by atoms with Crippen molar-refractivity contribution in [2.45, 2.75) is 26.3 Å². The molecule has 1 unspecified atom stereocenters. The number of amides is 1. The molecule has 1 aromatic carbocycles. The number of carbonyl (C=O) groups is 1. The molecule has 0 aliphatic carbocycles. The summed E-state index contributed by atoms with van der Waals surface area (Å²) in [6.07, 6.45) is 2.85. The summed E-state index contributed by atoms with van der Waals surface area (Å²) in [5, 5.41) is 6.96. The number of aryl methyl sites for hydroxylation is 1. The van der Waals surface area contributed by atoms with E-state index >= 15 is 0 Å². The van der Waals surface area contributed by atoms with Crippen LogP contribution >= 0.6 is 11.3 Å². The normalized spacial score (nSPS) is 11.9. The molecule has 0 spiro atoms. The van der Waals surface area contributed by atoms with Crippen molar-refractivity contribution in [3.63, 3.8) is 0 Å². The van der Waals surface area contributed by atoms with Crippen LogP contribution in [0.4, 0.5) is 5.69 Å². The zero-order chi connectivity index (χ0) is 14.5. The lowest BCUT2D eigenvalue weighted by atomic mass is 10.1. The van der Waals surface area contributed by atoms with Crippen LogP contribution in [-0.4, -0.2) is 17.9 Å². The van der Waals surface area contributed by atoms with Gasteiger partial charge in [0, 0.05) is 23.8 Å². The molecule has 5 heteroatoms. The minimum atomic E-state index is -0.0873. The number of carbonyl (C=O) groups excluding carboxylic acids is 1. The molecule has 2 N–H and O–H groups in total. The number of benzene rings is 1. The highest BCUT2D eigenvalue weighted by atomic mass is 32.1. The van der Waals surface area contributed by atoms with Crippen molar-refractivity contribution < 1.29 is 4.79 Å². The van der Waals surface area contributed by atoms with Gasteiger partial charge in [0.15, 0.2) is 0 Å². The Kier molecular flexibility index (Phi) is 4.74. The molecule has 0 fully saturated rings. The first-order valence-corrected chi connectivity index (χ1v) is 7.49. The summed E-state index contributed by atoms with van der Waals surface area (Å²) >= 11 is 1.65. The number of aromatic nitrogens is 1. The SMILES string of the molecule is CCc1cnc(C(C)NC(=O)c2ccccc2NC)s1. The lowest BCUT2D eigenvalue weighted by Crippen LogP contribution is -2.27. The van der Waals surface area contributed by atoms with Gasteiger partial charge in [-0.2, -0.15) is 0 Å². The molecule has 0 aliphatic rings. The molecular formula is C15H19N3OS. The highest BCUT2D eigenvalue weighted by Crippen LogP contribution is 2.21. The van der Waals surface area contributed by atoms with Gasteiger partial charge in [0.2, 0.25) is 0 Å². The van der Waals surface area contributed by atoms with Gasteiger partial charge in [0.1, 0.15) is 5.01 Å². The van der Waals surface area contributed by atoms with Gasteiger partial charge in [-0.05, 0) is 25.5 Å². The predicted molar refractivity (Wildman–Crippen MR) is 83.4 cm³/mol. The van der Waals surface area contributed by atoms with Gasteiger partial charge in [0.05, 0.1) is 11.6 Å². The Labute approximate surface area is 123 Å². The van der Waals surface area contributed by atoms with Gasteiger partial charge in [-0.1, -0.05) is 19.1 Å². The van der Waals surface area contributed by atoms with E-state index in [1.807, 2.05) is 44.4 Å². The molecule has 0 aliphatic heterocycles. The van der Waals surface area contributed by atoms with Crippen LogP contribution in [0.25, 0.3) is 0 Å². The van der Waals surface area contributed by atoms with Gasteiger partial charge < -0.3 is 10.6 Å². The van der Waals surface area contributed by atoms with Crippen LogP contribution in [0.15, 0.2) is 30.5 Å². The van der Waals surface area contributed by atoms with Crippen molar-refractivity contribution in [3.8, 4) is 0 Å². The van der Waals surface area contributed by atoms with Crippen LogP contribution in [0.3, 0.4) is 0 Å². The lowest BCUT2D eigenvalue weighted by Gasteiger charge is -2.13. The zero-order valence-electron chi connectivity index (χ0n) is 11.9. The van der Waals surface area contributed by atoms with Crippen LogP contribution in [-0.2, 0) is 6.42 Å². The van der Waals surface area contributed by atoms with E-state index in [9.17, 15) is 4.79 Å². The number of nitrogens with one attached hydrogen (secondary N) is 2. The summed E-state index contributed by atoms with van der Waals surface area (Å²) in [6.45, 7) is 4.06. The van der Waals surface area contributed by atoms with E-state index in [4.69, 9.17) is 0 Å². The van der Waals surface area contributed by atoms with Gasteiger partial charge >= 0.3 is 0 Å². The molecule has 1 aromatic heterocycles. The van der Waals surface area contributed by atoms with Gasteiger partial charge in [0.25, 0.3) is 5.91 Å². The fourth-order valence-corrected chi connectivity index (χ4v) is 2.78. The molecule has 20 heavy (non-hydrogen) atoms. The minimum absolute atomic E-state index is 0.0855. The van der Waals surface area contributed by atoms with Crippen LogP contribution in [0.5, 0.6) is 0 Å². The van der Waals surface area contributed by atoms with Crippen molar-refractivity contribution in [1.29, 1.82) is 0 Å². The maximum absolute atomic E-state index is 12.3. The summed E-state index contributed by atoms with van der Waals surface area (Å²) in [5.74, 6) is -0.0873. The second-order valence-electron chi connectivity index (χ2n) is 4.51. The molecule has 2 rings (SSSR count). The molecule has 0 saturated heterocycles. The van der Waals surface area contributed by atoms with E-state index in [2.05, 4.69) is 22.5 Å². The monoisotopic (exact) mass is 289 g/mol. The van der Waals surface area contributed by atoms with Gasteiger partial charge in [-0.15, -0.1) is 11.3 Å². The van der Waals surface area contributed by atoms with Gasteiger partial charge in [-0.25, -0.2) is 4.98 Å². The summed E-state index contributed by atoms with van der Waals surface area (Å²) in [4.78, 5) is 17.9. The summed E-state index contributed by atoms with van der Waals surface area (Å²) in [7, 11) is 1.81. The third kappa shape index (κ3) is 3.17. The van der Waals surface area contributed by atoms with Crippen LogP contribution < -0.4 is 10.6 Å². The van der Waals surface area contributed by atoms with E-state index in [1.165, 1.54) is 4.88 Å². The summed E-state index contributed by atoms with van der Waals surface area (Å²) in [5.41, 5.74) is 1.47. The Morgan fingerprint density at radius 1 is 1.40 bits per heavy atom. The molecule has 1 heterocycles. The first kappa shape index (κ1) is 14.5. The minimum Gasteiger partial charge on any atom is -0.387 e. The molecule has 2 aromatic rings. The fraction of sp³-hybridized carbons (Fsp3) is 0.333. The smallest absolute Gasteiger partial charge is 0.253 e. The van der Waals surface area contributed by atoms with Crippen molar-refractivity contribution >= 4 is 22.9 Å². The molecule has 1 atom stereocenters. The van der Waals surface area contributed by atoms with Gasteiger partial charge in [-0.3, -0.25) is 4.79 Å². The number of hydrogen-bond donors (Lipinski definition) is 2. The van der Waals surface area contributed by atoms with Crippen LogP contribution in [0, 0.1) is 0 Å². The quantitative estimate of drug-likeness (QED) is 0.888.